The Morgan fingerprint density at radius 3 is 2.75 bits per heavy atom. The fraction of sp³-hybridized carbons (Fsp3) is 0.176. The largest absolute Gasteiger partial charge is 0.418 e. The van der Waals surface area contributed by atoms with E-state index in [4.69, 9.17) is 0 Å². The van der Waals surface area contributed by atoms with Crippen LogP contribution in [0.15, 0.2) is 52.0 Å². The molecule has 0 radical (unpaired) electrons. The number of alkyl halides is 3. The number of carbonyl (C=O) groups excluding carboxylic acids is 2. The highest BCUT2D eigenvalue weighted by Crippen LogP contribution is 2.34. The molecular formula is C17H13F3N4O2S2. The summed E-state index contributed by atoms with van der Waals surface area (Å²) in [5.41, 5.74) is -1.30. The normalized spacial score (nSPS) is 18.6. The molecule has 2 heterocycles. The second-order valence-electron chi connectivity index (χ2n) is 5.56. The van der Waals surface area contributed by atoms with Gasteiger partial charge in [-0.25, -0.2) is 0 Å². The van der Waals surface area contributed by atoms with Crippen molar-refractivity contribution >= 4 is 52.0 Å². The number of amides is 2. The molecule has 1 aliphatic heterocycles. The first kappa shape index (κ1) is 20.1. The van der Waals surface area contributed by atoms with Crippen molar-refractivity contribution in [1.29, 1.82) is 0 Å². The van der Waals surface area contributed by atoms with Gasteiger partial charge < -0.3 is 10.6 Å². The molecule has 0 saturated carbocycles. The van der Waals surface area contributed by atoms with Crippen molar-refractivity contribution in [1.82, 2.24) is 5.32 Å². The number of carbonyl (C=O) groups is 2. The van der Waals surface area contributed by atoms with Crippen molar-refractivity contribution < 1.29 is 22.8 Å². The molecule has 2 amide bonds. The zero-order chi connectivity index (χ0) is 20.1. The first-order valence-electron chi connectivity index (χ1n) is 7.91. The topological polar surface area (TPSA) is 82.9 Å². The van der Waals surface area contributed by atoms with Crippen molar-refractivity contribution in [2.75, 3.05) is 5.32 Å². The lowest BCUT2D eigenvalue weighted by atomic mass is 10.1. The van der Waals surface area contributed by atoms with Gasteiger partial charge in [0.15, 0.2) is 5.17 Å². The number of para-hydroxylation sites is 1. The van der Waals surface area contributed by atoms with Crippen LogP contribution in [0.25, 0.3) is 0 Å². The number of hydrogen-bond donors (Lipinski definition) is 2. The maximum absolute atomic E-state index is 13.0. The molecule has 0 bridgehead atoms. The van der Waals surface area contributed by atoms with Crippen LogP contribution in [0.1, 0.15) is 16.9 Å². The second-order valence-corrected chi connectivity index (χ2v) is 7.73. The van der Waals surface area contributed by atoms with Gasteiger partial charge in [0, 0.05) is 11.3 Å². The van der Waals surface area contributed by atoms with Crippen molar-refractivity contribution in [2.24, 2.45) is 10.2 Å². The molecule has 11 heteroatoms. The molecule has 0 aliphatic carbocycles. The third-order valence-corrected chi connectivity index (χ3v) is 5.41. The van der Waals surface area contributed by atoms with Crippen LogP contribution in [-0.4, -0.2) is 28.4 Å². The van der Waals surface area contributed by atoms with E-state index in [1.165, 1.54) is 29.7 Å². The fourth-order valence-electron chi connectivity index (χ4n) is 2.30. The molecule has 3 rings (SSSR count). The summed E-state index contributed by atoms with van der Waals surface area (Å²) in [5, 5.41) is 13.8. The molecule has 0 spiro atoms. The van der Waals surface area contributed by atoms with E-state index >= 15 is 0 Å². The average Bonchev–Trinajstić information content (AvgIpc) is 3.25. The summed E-state index contributed by atoms with van der Waals surface area (Å²) in [6.45, 7) is 0. The van der Waals surface area contributed by atoms with E-state index in [2.05, 4.69) is 20.8 Å². The Morgan fingerprint density at radius 1 is 1.25 bits per heavy atom. The molecular weight excluding hydrogens is 413 g/mol. The summed E-state index contributed by atoms with van der Waals surface area (Å²) in [4.78, 5) is 25.0. The Hall–Kier alpha value is -2.66. The van der Waals surface area contributed by atoms with Crippen LogP contribution in [0.4, 0.5) is 18.9 Å². The van der Waals surface area contributed by atoms with Gasteiger partial charge in [-0.3, -0.25) is 9.59 Å². The monoisotopic (exact) mass is 426 g/mol. The maximum atomic E-state index is 13.0. The van der Waals surface area contributed by atoms with Gasteiger partial charge in [0.05, 0.1) is 17.5 Å². The zero-order valence-electron chi connectivity index (χ0n) is 14.1. The van der Waals surface area contributed by atoms with Crippen molar-refractivity contribution in [3.8, 4) is 0 Å². The van der Waals surface area contributed by atoms with E-state index in [0.29, 0.717) is 0 Å². The van der Waals surface area contributed by atoms with Crippen LogP contribution in [0.2, 0.25) is 0 Å². The van der Waals surface area contributed by atoms with Crippen LogP contribution in [0, 0.1) is 0 Å². The Morgan fingerprint density at radius 2 is 2.04 bits per heavy atom. The molecule has 2 aromatic rings. The number of benzene rings is 1. The molecule has 1 fully saturated rings. The minimum absolute atomic E-state index is 0.228. The predicted octanol–water partition coefficient (Wildman–Crippen LogP) is 3.72. The summed E-state index contributed by atoms with van der Waals surface area (Å²) < 4.78 is 39.0. The predicted molar refractivity (Wildman–Crippen MR) is 104 cm³/mol. The summed E-state index contributed by atoms with van der Waals surface area (Å²) in [6, 6.07) is 8.37. The molecule has 1 aromatic carbocycles. The van der Waals surface area contributed by atoms with Crippen molar-refractivity contribution in [3.63, 3.8) is 0 Å². The van der Waals surface area contributed by atoms with Gasteiger partial charge in [-0.2, -0.15) is 18.3 Å². The third kappa shape index (κ3) is 5.20. The Kier molecular flexibility index (Phi) is 6.15. The molecule has 1 saturated heterocycles. The summed E-state index contributed by atoms with van der Waals surface area (Å²) >= 11 is 2.47. The smallest absolute Gasteiger partial charge is 0.325 e. The Labute approximate surface area is 165 Å². The summed E-state index contributed by atoms with van der Waals surface area (Å²) in [5.74, 6) is -1.15. The number of thiophene rings is 1. The molecule has 1 aromatic heterocycles. The van der Waals surface area contributed by atoms with Gasteiger partial charge in [0.2, 0.25) is 11.8 Å². The summed E-state index contributed by atoms with van der Waals surface area (Å²) in [7, 11) is 0. The number of halogens is 3. The molecule has 28 heavy (non-hydrogen) atoms. The van der Waals surface area contributed by atoms with E-state index in [1.54, 1.807) is 0 Å². The van der Waals surface area contributed by atoms with Gasteiger partial charge in [0.25, 0.3) is 0 Å². The van der Waals surface area contributed by atoms with Gasteiger partial charge in [0.1, 0.15) is 5.25 Å². The van der Waals surface area contributed by atoms with Crippen LogP contribution < -0.4 is 10.6 Å². The van der Waals surface area contributed by atoms with E-state index in [-0.39, 0.29) is 17.3 Å². The standard InChI is InChI=1S/C17H13F3N4O2S2/c18-17(19,20)11-5-1-2-6-12(11)22-14(25)8-13-15(26)23-16(28-13)24-21-9-10-4-3-7-27-10/h1-7,9,13H,8H2,(H,22,25)(H,23,24,26)/t13-/m0/s1. The van der Waals surface area contributed by atoms with Gasteiger partial charge in [-0.05, 0) is 23.6 Å². The van der Waals surface area contributed by atoms with Gasteiger partial charge in [-0.15, -0.1) is 16.4 Å². The zero-order valence-corrected chi connectivity index (χ0v) is 15.7. The number of hydrogen-bond acceptors (Lipinski definition) is 6. The molecule has 1 atom stereocenters. The average molecular weight is 426 g/mol. The number of nitrogens with zero attached hydrogens (tertiary/aromatic N) is 2. The first-order valence-corrected chi connectivity index (χ1v) is 9.67. The lowest BCUT2D eigenvalue weighted by molar-refractivity contribution is -0.137. The number of rotatable bonds is 5. The van der Waals surface area contributed by atoms with Crippen LogP contribution in [-0.2, 0) is 15.8 Å². The van der Waals surface area contributed by atoms with E-state index < -0.39 is 28.8 Å². The van der Waals surface area contributed by atoms with Crippen LogP contribution in [0.5, 0.6) is 0 Å². The number of anilines is 1. The molecule has 1 aliphatic rings. The van der Waals surface area contributed by atoms with E-state index in [1.807, 2.05) is 17.5 Å². The maximum Gasteiger partial charge on any atom is 0.418 e. The van der Waals surface area contributed by atoms with E-state index in [0.717, 1.165) is 28.8 Å². The lowest BCUT2D eigenvalue weighted by Crippen LogP contribution is -2.28. The number of nitrogens with one attached hydrogen (secondary N) is 2. The van der Waals surface area contributed by atoms with E-state index in [9.17, 15) is 22.8 Å². The highest BCUT2D eigenvalue weighted by Gasteiger charge is 2.35. The highest BCUT2D eigenvalue weighted by atomic mass is 32.2. The molecule has 6 nitrogen and oxygen atoms in total. The number of amidine groups is 1. The Bertz CT molecular complexity index is 927. The molecule has 2 N–H and O–H groups in total. The summed E-state index contributed by atoms with van der Waals surface area (Å²) in [6.07, 6.45) is -3.36. The third-order valence-electron chi connectivity index (χ3n) is 3.53. The first-order chi connectivity index (χ1) is 13.3. The van der Waals surface area contributed by atoms with Crippen LogP contribution in [0.3, 0.4) is 0 Å². The number of thioether (sulfide) groups is 1. The minimum Gasteiger partial charge on any atom is -0.325 e. The molecule has 0 unspecified atom stereocenters. The minimum atomic E-state index is -4.59. The van der Waals surface area contributed by atoms with Crippen molar-refractivity contribution in [3.05, 3.63) is 52.2 Å². The fourth-order valence-corrected chi connectivity index (χ4v) is 3.80. The van der Waals surface area contributed by atoms with Gasteiger partial charge in [-0.1, -0.05) is 30.0 Å². The van der Waals surface area contributed by atoms with Crippen LogP contribution >= 0.6 is 23.1 Å². The SMILES string of the molecule is O=C(C[C@@H]1SC(=NN=Cc2cccs2)NC1=O)Nc1ccccc1C(F)(F)F. The van der Waals surface area contributed by atoms with Gasteiger partial charge >= 0.3 is 6.18 Å². The Balaban J connectivity index is 1.60. The molecule has 146 valence electrons. The lowest BCUT2D eigenvalue weighted by Gasteiger charge is -2.14. The quantitative estimate of drug-likeness (QED) is 0.565. The highest BCUT2D eigenvalue weighted by molar-refractivity contribution is 8.15. The van der Waals surface area contributed by atoms with Crippen molar-refractivity contribution in [2.45, 2.75) is 17.8 Å². The second kappa shape index (κ2) is 8.57.